The summed E-state index contributed by atoms with van der Waals surface area (Å²) in [6.45, 7) is 7.60. The van der Waals surface area contributed by atoms with Gasteiger partial charge < -0.3 is 38.9 Å². The number of para-hydroxylation sites is 1. The summed E-state index contributed by atoms with van der Waals surface area (Å²) in [7, 11) is 3.55. The SMILES string of the molecule is COc1c(C)cc2c(c1O)[C@H]1C3[C@@H]4SC[C@]5(NCCc6c5[nH]c5c(C)cccc65)C(=O)OC[C@@H](c5c6c(c(C)c(OC(C)=O)c54)OCO6)N3[C@@H](O)[C@@H](C2)N1C. The number of methoxy groups -OCH3 is 1. The summed E-state index contributed by atoms with van der Waals surface area (Å²) in [6, 6.07) is 6.18. The summed E-state index contributed by atoms with van der Waals surface area (Å²) < 4.78 is 30.7. The Morgan fingerprint density at radius 2 is 1.87 bits per heavy atom. The molecule has 0 radical (unpaired) electrons. The molecule has 14 heteroatoms. The zero-order valence-corrected chi connectivity index (χ0v) is 32.4. The number of hydrogen-bond donors (Lipinski definition) is 4. The fourth-order valence-electron chi connectivity index (χ4n) is 10.6. The third-order valence-electron chi connectivity index (χ3n) is 13.0. The van der Waals surface area contributed by atoms with Gasteiger partial charge in [-0.1, -0.05) is 24.3 Å². The predicted molar refractivity (Wildman–Crippen MR) is 203 cm³/mol. The van der Waals surface area contributed by atoms with Crippen molar-refractivity contribution in [3.63, 3.8) is 0 Å². The van der Waals surface area contributed by atoms with Gasteiger partial charge in [0.1, 0.15) is 18.6 Å². The first-order valence-corrected chi connectivity index (χ1v) is 19.9. The lowest BCUT2D eigenvalue weighted by Crippen LogP contribution is -2.70. The summed E-state index contributed by atoms with van der Waals surface area (Å²) in [6.07, 6.45) is 0.202. The molecular formula is C41H44N4O9S. The van der Waals surface area contributed by atoms with Crippen LogP contribution in [-0.2, 0) is 32.7 Å². The van der Waals surface area contributed by atoms with Gasteiger partial charge in [-0.25, -0.2) is 4.79 Å². The van der Waals surface area contributed by atoms with Crippen LogP contribution in [0.2, 0.25) is 0 Å². The molecular weight excluding hydrogens is 725 g/mol. The molecule has 4 N–H and O–H groups in total. The quantitative estimate of drug-likeness (QED) is 0.168. The number of aryl methyl sites for hydroxylation is 2. The van der Waals surface area contributed by atoms with Crippen LogP contribution in [0.3, 0.4) is 0 Å². The average molecular weight is 769 g/mol. The van der Waals surface area contributed by atoms with Gasteiger partial charge in [-0.05, 0) is 62.9 Å². The summed E-state index contributed by atoms with van der Waals surface area (Å²) in [5.41, 5.74) is 7.21. The molecule has 13 nitrogen and oxygen atoms in total. The first-order chi connectivity index (χ1) is 26.5. The van der Waals surface area contributed by atoms with Crippen LogP contribution in [0.4, 0.5) is 0 Å². The third-order valence-corrected chi connectivity index (χ3v) is 14.4. The molecule has 1 unspecified atom stereocenters. The molecule has 4 bridgehead atoms. The van der Waals surface area contributed by atoms with Gasteiger partial charge in [0.2, 0.25) is 6.79 Å². The minimum absolute atomic E-state index is 0.0353. The van der Waals surface area contributed by atoms with E-state index in [0.29, 0.717) is 47.1 Å². The van der Waals surface area contributed by atoms with E-state index < -0.39 is 47.1 Å². The second-order valence-electron chi connectivity index (χ2n) is 15.7. The first kappa shape index (κ1) is 35.0. The fourth-order valence-corrected chi connectivity index (χ4v) is 12.3. The van der Waals surface area contributed by atoms with Crippen molar-refractivity contribution in [3.8, 4) is 28.7 Å². The summed E-state index contributed by atoms with van der Waals surface area (Å²) >= 11 is 1.55. The highest BCUT2D eigenvalue weighted by Crippen LogP contribution is 2.64. The number of phenolic OH excluding ortho intramolecular Hbond substituents is 1. The minimum atomic E-state index is -1.24. The van der Waals surface area contributed by atoms with Crippen LogP contribution in [0.15, 0.2) is 24.3 Å². The maximum absolute atomic E-state index is 14.8. The molecule has 0 aliphatic carbocycles. The maximum atomic E-state index is 14.8. The normalized spacial score (nSPS) is 29.3. The Kier molecular flexibility index (Phi) is 7.80. The molecule has 0 amide bonds. The van der Waals surface area contributed by atoms with Gasteiger partial charge in [-0.2, -0.15) is 0 Å². The van der Waals surface area contributed by atoms with Crippen LogP contribution in [0.1, 0.15) is 74.5 Å². The van der Waals surface area contributed by atoms with Crippen molar-refractivity contribution in [2.45, 2.75) is 81.7 Å². The number of phenols is 1. The number of nitrogens with zero attached hydrogens (tertiary/aromatic N) is 2. The number of aliphatic hydroxyl groups excluding tert-OH is 1. The number of aliphatic hydroxyl groups is 1. The lowest BCUT2D eigenvalue weighted by atomic mass is 9.73. The highest BCUT2D eigenvalue weighted by atomic mass is 32.2. The zero-order valence-electron chi connectivity index (χ0n) is 31.6. The van der Waals surface area contributed by atoms with Crippen LogP contribution in [0, 0.1) is 20.8 Å². The lowest BCUT2D eigenvalue weighted by Gasteiger charge is -2.62. The third kappa shape index (κ3) is 4.63. The molecule has 55 heavy (non-hydrogen) atoms. The van der Waals surface area contributed by atoms with Gasteiger partial charge in [-0.3, -0.25) is 19.9 Å². The van der Waals surface area contributed by atoms with Crippen molar-refractivity contribution in [1.82, 2.24) is 20.1 Å². The molecule has 1 spiro atoms. The van der Waals surface area contributed by atoms with Crippen LogP contribution < -0.4 is 24.3 Å². The molecule has 11 rings (SSSR count). The van der Waals surface area contributed by atoms with Gasteiger partial charge in [-0.15, -0.1) is 11.8 Å². The average Bonchev–Trinajstić information content (AvgIpc) is 3.80. The van der Waals surface area contributed by atoms with E-state index in [9.17, 15) is 19.8 Å². The van der Waals surface area contributed by atoms with Crippen molar-refractivity contribution in [2.75, 3.05) is 39.9 Å². The largest absolute Gasteiger partial charge is 0.504 e. The Hall–Kier alpha value is -4.47. The van der Waals surface area contributed by atoms with E-state index in [1.165, 1.54) is 6.92 Å². The number of piperazine rings is 1. The number of aromatic amines is 1. The number of ether oxygens (including phenoxy) is 5. The molecule has 1 aromatic heterocycles. The van der Waals surface area contributed by atoms with Gasteiger partial charge in [0.05, 0.1) is 36.2 Å². The molecule has 7 atom stereocenters. The molecule has 3 aromatic carbocycles. The standard InChI is InChI=1S/C41H44N4O9S/c1-17-8-7-9-22-23-10-11-42-41(38(23)43-29(17)22)15-55-37-28-27(36-35(52-16-53-36)19(3)34(28)54-20(4)46)25(14-51-40(41)49)45-31(37)30-26-21(13-24(39(45)48)44(30)5)12-18(2)33(50-6)32(26)47/h7-9,12,24-25,30-31,37,39,42-43,47-48H,10-11,13-16H2,1-6H3/t24-,25+,30+,31?,37-,39+,41-/m1/s1. The van der Waals surface area contributed by atoms with Crippen LogP contribution in [0.25, 0.3) is 10.9 Å². The molecule has 7 aliphatic heterocycles. The molecule has 2 saturated heterocycles. The van der Waals surface area contributed by atoms with Crippen molar-refractivity contribution in [2.24, 2.45) is 0 Å². The Morgan fingerprint density at radius 1 is 1.07 bits per heavy atom. The summed E-state index contributed by atoms with van der Waals surface area (Å²) in [5.74, 6) is 1.13. The topological polar surface area (TPSA) is 155 Å². The van der Waals surface area contributed by atoms with E-state index in [0.717, 1.165) is 56.4 Å². The number of nitrogens with one attached hydrogen (secondary N) is 2. The van der Waals surface area contributed by atoms with Gasteiger partial charge in [0.15, 0.2) is 28.5 Å². The minimum Gasteiger partial charge on any atom is -0.504 e. The first-order valence-electron chi connectivity index (χ1n) is 18.8. The molecule has 288 valence electrons. The summed E-state index contributed by atoms with van der Waals surface area (Å²) in [5, 5.41) is 28.8. The molecule has 2 fully saturated rings. The smallest absolute Gasteiger partial charge is 0.333 e. The second kappa shape index (κ2) is 12.3. The number of carbonyl (C=O) groups is 2. The van der Waals surface area contributed by atoms with Crippen molar-refractivity contribution in [3.05, 3.63) is 74.5 Å². The van der Waals surface area contributed by atoms with Crippen LogP contribution in [0.5, 0.6) is 28.7 Å². The number of thioether (sulfide) groups is 1. The molecule has 7 aliphatic rings. The summed E-state index contributed by atoms with van der Waals surface area (Å²) in [4.78, 5) is 35.7. The number of carbonyl (C=O) groups excluding carboxylic acids is 2. The van der Waals surface area contributed by atoms with Crippen molar-refractivity contribution >= 4 is 34.6 Å². The Balaban J connectivity index is 1.24. The Labute approximate surface area is 322 Å². The van der Waals surface area contributed by atoms with E-state index in [1.54, 1.807) is 18.9 Å². The van der Waals surface area contributed by atoms with E-state index in [1.807, 2.05) is 27.0 Å². The van der Waals surface area contributed by atoms with Gasteiger partial charge >= 0.3 is 11.9 Å². The van der Waals surface area contributed by atoms with Crippen LogP contribution >= 0.6 is 11.8 Å². The van der Waals surface area contributed by atoms with Crippen molar-refractivity contribution < 1.29 is 43.5 Å². The highest BCUT2D eigenvalue weighted by molar-refractivity contribution is 7.99. The number of aromatic hydroxyl groups is 1. The highest BCUT2D eigenvalue weighted by Gasteiger charge is 2.61. The van der Waals surface area contributed by atoms with Gasteiger partial charge in [0.25, 0.3) is 0 Å². The van der Waals surface area contributed by atoms with Crippen LogP contribution in [-0.4, -0.2) is 95.1 Å². The van der Waals surface area contributed by atoms with E-state index >= 15 is 0 Å². The number of rotatable bonds is 2. The number of H-pyrrole nitrogens is 1. The Morgan fingerprint density at radius 3 is 2.65 bits per heavy atom. The molecule has 4 aromatic rings. The molecule has 0 saturated carbocycles. The number of benzene rings is 3. The number of aromatic nitrogens is 1. The van der Waals surface area contributed by atoms with E-state index in [2.05, 4.69) is 45.2 Å². The monoisotopic (exact) mass is 768 g/mol. The van der Waals surface area contributed by atoms with Gasteiger partial charge in [0, 0.05) is 58.4 Å². The predicted octanol–water partition coefficient (Wildman–Crippen LogP) is 4.49. The Bertz CT molecular complexity index is 2340. The number of esters is 2. The van der Waals surface area contributed by atoms with Crippen molar-refractivity contribution in [1.29, 1.82) is 0 Å². The fraction of sp³-hybridized carbons (Fsp3) is 0.463. The lowest BCUT2D eigenvalue weighted by molar-refractivity contribution is -0.186. The number of fused-ring (bicyclic) bond motifs is 11. The van der Waals surface area contributed by atoms with E-state index in [-0.39, 0.29) is 30.9 Å². The number of likely N-dealkylation sites (N-methyl/N-ethyl adjacent to an activating group) is 1. The van der Waals surface area contributed by atoms with E-state index in [4.69, 9.17) is 23.7 Å². The zero-order chi connectivity index (χ0) is 38.2. The second-order valence-corrected chi connectivity index (χ2v) is 16.9. The number of hydrogen-bond acceptors (Lipinski definition) is 13. The molecule has 8 heterocycles. The maximum Gasteiger partial charge on any atom is 0.333 e.